The third-order valence-electron chi connectivity index (χ3n) is 7.27. The lowest BCUT2D eigenvalue weighted by atomic mass is 9.98. The number of benzene rings is 4. The first-order valence-electron chi connectivity index (χ1n) is 13.9. The molecule has 0 radical (unpaired) electrons. The highest BCUT2D eigenvalue weighted by molar-refractivity contribution is 5.97. The molecule has 0 saturated heterocycles. The highest BCUT2D eigenvalue weighted by Crippen LogP contribution is 2.44. The summed E-state index contributed by atoms with van der Waals surface area (Å²) in [4.78, 5) is 37.9. The number of hydrogen-bond donors (Lipinski definition) is 3. The molecule has 0 aromatic heterocycles. The molecule has 8 heteroatoms. The van der Waals surface area contributed by atoms with E-state index < -0.39 is 24.0 Å². The number of nitrogens with one attached hydrogen (secondary N) is 2. The van der Waals surface area contributed by atoms with Gasteiger partial charge in [-0.3, -0.25) is 4.79 Å². The van der Waals surface area contributed by atoms with E-state index >= 15 is 0 Å². The van der Waals surface area contributed by atoms with Gasteiger partial charge in [-0.2, -0.15) is 0 Å². The molecule has 0 aliphatic heterocycles. The number of carbonyl (C=O) groups is 3. The van der Waals surface area contributed by atoms with Gasteiger partial charge in [-0.05, 0) is 64.2 Å². The van der Waals surface area contributed by atoms with E-state index in [9.17, 15) is 14.4 Å². The molecule has 0 heterocycles. The van der Waals surface area contributed by atoms with Gasteiger partial charge in [0.05, 0.1) is 13.7 Å². The molecule has 0 saturated carbocycles. The Kier molecular flexibility index (Phi) is 9.15. The summed E-state index contributed by atoms with van der Waals surface area (Å²) in [6.45, 7) is 0.393. The van der Waals surface area contributed by atoms with Crippen LogP contribution in [0.5, 0.6) is 0 Å². The smallest absolute Gasteiger partial charge is 0.407 e. The normalized spacial score (nSPS) is 12.1. The van der Waals surface area contributed by atoms with Crippen molar-refractivity contribution in [2.24, 2.45) is 5.73 Å². The summed E-state index contributed by atoms with van der Waals surface area (Å²) in [7, 11) is 1.21. The monoisotopic (exact) mass is 573 g/mol. The molecule has 43 heavy (non-hydrogen) atoms. The number of esters is 1. The average molecular weight is 574 g/mol. The van der Waals surface area contributed by atoms with Crippen LogP contribution in [0.15, 0.2) is 97.1 Å². The second-order valence-electron chi connectivity index (χ2n) is 9.98. The van der Waals surface area contributed by atoms with Crippen molar-refractivity contribution in [2.45, 2.75) is 18.5 Å². The highest BCUT2D eigenvalue weighted by atomic mass is 16.5. The van der Waals surface area contributed by atoms with Crippen molar-refractivity contribution in [3.63, 3.8) is 0 Å². The Morgan fingerprint density at radius 2 is 1.37 bits per heavy atom. The fourth-order valence-corrected chi connectivity index (χ4v) is 4.99. The summed E-state index contributed by atoms with van der Waals surface area (Å²) >= 11 is 0. The topological polar surface area (TPSA) is 120 Å². The van der Waals surface area contributed by atoms with Gasteiger partial charge in [0.15, 0.2) is 0 Å². The van der Waals surface area contributed by atoms with Crippen molar-refractivity contribution in [1.82, 2.24) is 10.6 Å². The third kappa shape index (κ3) is 6.92. The standard InChI is InChI=1S/C35H31N3O5/c1-42-34(40)32(38-33(39)26-18-16-24(17-19-26)11-10-23-12-14-25(20-36)15-13-23)21-37-35(41)43-22-31-29-8-4-2-6-27(29)28-7-3-5-9-30(28)31/h2-9,12-19,31-32H,20-22,36H2,1H3,(H,37,41)(H,38,39). The van der Waals surface area contributed by atoms with E-state index in [1.54, 1.807) is 24.3 Å². The maximum atomic E-state index is 12.9. The summed E-state index contributed by atoms with van der Waals surface area (Å²) in [5.41, 5.74) is 13.0. The number of ether oxygens (including phenoxy) is 2. The van der Waals surface area contributed by atoms with E-state index in [1.165, 1.54) is 7.11 Å². The van der Waals surface area contributed by atoms with Crippen LogP contribution in [0.25, 0.3) is 11.1 Å². The van der Waals surface area contributed by atoms with Gasteiger partial charge in [-0.25, -0.2) is 9.59 Å². The second kappa shape index (κ2) is 13.5. The summed E-state index contributed by atoms with van der Waals surface area (Å²) in [5, 5.41) is 5.19. The number of alkyl carbamates (subject to hydrolysis) is 1. The van der Waals surface area contributed by atoms with Gasteiger partial charge >= 0.3 is 12.1 Å². The number of carbonyl (C=O) groups excluding carboxylic acids is 3. The lowest BCUT2D eigenvalue weighted by Gasteiger charge is -2.18. The molecule has 4 aromatic rings. The minimum atomic E-state index is -1.12. The first-order chi connectivity index (χ1) is 21.0. The molecular formula is C35H31N3O5. The molecule has 0 fully saturated rings. The second-order valence-corrected chi connectivity index (χ2v) is 9.98. The van der Waals surface area contributed by atoms with Crippen LogP contribution in [0.1, 0.15) is 44.1 Å². The molecule has 1 unspecified atom stereocenters. The highest BCUT2D eigenvalue weighted by Gasteiger charge is 2.29. The van der Waals surface area contributed by atoms with Gasteiger partial charge in [-0.15, -0.1) is 0 Å². The number of rotatable bonds is 8. The predicted octanol–water partition coefficient (Wildman–Crippen LogP) is 4.36. The molecule has 8 nitrogen and oxygen atoms in total. The Labute approximate surface area is 250 Å². The van der Waals surface area contributed by atoms with Crippen LogP contribution in [-0.2, 0) is 20.8 Å². The number of amides is 2. The maximum absolute atomic E-state index is 12.9. The van der Waals surface area contributed by atoms with Gasteiger partial charge in [0.25, 0.3) is 5.91 Å². The molecule has 216 valence electrons. The van der Waals surface area contributed by atoms with Gasteiger partial charge in [0, 0.05) is 29.2 Å². The van der Waals surface area contributed by atoms with Crippen molar-refractivity contribution < 1.29 is 23.9 Å². The van der Waals surface area contributed by atoms with Crippen molar-refractivity contribution >= 4 is 18.0 Å². The lowest BCUT2D eigenvalue weighted by Crippen LogP contribution is -2.49. The summed E-state index contributed by atoms with van der Waals surface area (Å²) in [5.74, 6) is 4.84. The van der Waals surface area contributed by atoms with Gasteiger partial charge in [0.1, 0.15) is 12.6 Å². The van der Waals surface area contributed by atoms with Crippen LogP contribution in [0.4, 0.5) is 4.79 Å². The predicted molar refractivity (Wildman–Crippen MR) is 163 cm³/mol. The largest absolute Gasteiger partial charge is 0.467 e. The molecule has 0 spiro atoms. The Bertz CT molecular complexity index is 1640. The molecule has 5 rings (SSSR count). The van der Waals surface area contributed by atoms with E-state index in [1.807, 2.05) is 60.7 Å². The number of fused-ring (bicyclic) bond motifs is 3. The van der Waals surface area contributed by atoms with E-state index in [-0.39, 0.29) is 19.1 Å². The molecule has 0 bridgehead atoms. The van der Waals surface area contributed by atoms with E-state index in [0.29, 0.717) is 12.1 Å². The Morgan fingerprint density at radius 1 is 0.814 bits per heavy atom. The van der Waals surface area contributed by atoms with Crippen LogP contribution in [0.3, 0.4) is 0 Å². The summed E-state index contributed by atoms with van der Waals surface area (Å²) < 4.78 is 10.4. The van der Waals surface area contributed by atoms with Crippen molar-refractivity contribution in [1.29, 1.82) is 0 Å². The molecule has 2 amide bonds. The number of methoxy groups -OCH3 is 1. The first kappa shape index (κ1) is 29.1. The molecular weight excluding hydrogens is 542 g/mol. The minimum Gasteiger partial charge on any atom is -0.467 e. The van der Waals surface area contributed by atoms with Gasteiger partial charge in [-0.1, -0.05) is 72.5 Å². The van der Waals surface area contributed by atoms with Crippen molar-refractivity contribution in [2.75, 3.05) is 20.3 Å². The SMILES string of the molecule is COC(=O)C(CNC(=O)OCC1c2ccccc2-c2ccccc21)NC(=O)c1ccc(C#Cc2ccc(CN)cc2)cc1. The van der Waals surface area contributed by atoms with E-state index in [4.69, 9.17) is 15.2 Å². The van der Waals surface area contributed by atoms with Crippen molar-refractivity contribution in [3.8, 4) is 23.0 Å². The number of nitrogens with two attached hydrogens (primary N) is 1. The third-order valence-corrected chi connectivity index (χ3v) is 7.27. The number of hydrogen-bond acceptors (Lipinski definition) is 6. The molecule has 4 aromatic carbocycles. The van der Waals surface area contributed by atoms with E-state index in [2.05, 4.69) is 34.6 Å². The Balaban J connectivity index is 1.16. The summed E-state index contributed by atoms with van der Waals surface area (Å²) in [6, 6.07) is 29.3. The fraction of sp³-hybridized carbons (Fsp3) is 0.171. The van der Waals surface area contributed by atoms with Gasteiger partial charge < -0.3 is 25.8 Å². The Morgan fingerprint density at radius 3 is 1.93 bits per heavy atom. The minimum absolute atomic E-state index is 0.0985. The molecule has 1 aliphatic rings. The lowest BCUT2D eigenvalue weighted by molar-refractivity contribution is -0.142. The quantitative estimate of drug-likeness (QED) is 0.213. The zero-order valence-electron chi connectivity index (χ0n) is 23.6. The van der Waals surface area contributed by atoms with E-state index in [0.717, 1.165) is 38.9 Å². The Hall–Kier alpha value is -5.39. The van der Waals surface area contributed by atoms with Crippen LogP contribution in [0.2, 0.25) is 0 Å². The van der Waals surface area contributed by atoms with Crippen LogP contribution < -0.4 is 16.4 Å². The van der Waals surface area contributed by atoms with Crippen LogP contribution >= 0.6 is 0 Å². The fourth-order valence-electron chi connectivity index (χ4n) is 4.99. The van der Waals surface area contributed by atoms with Crippen LogP contribution in [-0.4, -0.2) is 44.3 Å². The first-order valence-corrected chi connectivity index (χ1v) is 13.9. The molecule has 1 aliphatic carbocycles. The zero-order valence-corrected chi connectivity index (χ0v) is 23.6. The molecule has 4 N–H and O–H groups in total. The molecule has 1 atom stereocenters. The average Bonchev–Trinajstić information content (AvgIpc) is 3.38. The maximum Gasteiger partial charge on any atom is 0.407 e. The zero-order chi connectivity index (χ0) is 30.2. The van der Waals surface area contributed by atoms with Gasteiger partial charge in [0.2, 0.25) is 0 Å². The summed E-state index contributed by atoms with van der Waals surface area (Å²) in [6.07, 6.45) is -0.703. The van der Waals surface area contributed by atoms with Crippen LogP contribution in [0, 0.1) is 11.8 Å². The van der Waals surface area contributed by atoms with Crippen molar-refractivity contribution in [3.05, 3.63) is 130 Å².